The zero-order valence-corrected chi connectivity index (χ0v) is 14.4. The summed E-state index contributed by atoms with van der Waals surface area (Å²) in [4.78, 5) is 1.42. The van der Waals surface area contributed by atoms with Gasteiger partial charge in [-0.3, -0.25) is 0 Å². The molecule has 0 saturated heterocycles. The first-order valence-corrected chi connectivity index (χ1v) is 7.83. The Morgan fingerprint density at radius 1 is 1.36 bits per heavy atom. The Morgan fingerprint density at radius 2 is 2.04 bits per heavy atom. The van der Waals surface area contributed by atoms with E-state index in [9.17, 15) is 18.3 Å². The van der Waals surface area contributed by atoms with E-state index in [2.05, 4.69) is 0 Å². The molecule has 6 heteroatoms. The summed E-state index contributed by atoms with van der Waals surface area (Å²) in [6.07, 6.45) is -0.304. The lowest BCUT2D eigenvalue weighted by Crippen LogP contribution is -2.20. The van der Waals surface area contributed by atoms with E-state index in [4.69, 9.17) is 5.26 Å². The van der Waals surface area contributed by atoms with Gasteiger partial charge >= 0.3 is 6.18 Å². The lowest BCUT2D eigenvalue weighted by atomic mass is 10.1. The number of benzene rings is 1. The number of likely N-dealkylation sites (N-methyl/N-ethyl adjacent to an activating group) is 1. The van der Waals surface area contributed by atoms with Crippen molar-refractivity contribution in [2.24, 2.45) is 0 Å². The topological polar surface area (TPSA) is 47.3 Å². The maximum Gasteiger partial charge on any atom is 0.416 e. The fraction of sp³-hybridized carbons (Fsp3) is 0.316. The van der Waals surface area contributed by atoms with E-state index < -0.39 is 11.7 Å². The summed E-state index contributed by atoms with van der Waals surface area (Å²) in [6.45, 7) is 3.32. The maximum absolute atomic E-state index is 13.3. The molecule has 134 valence electrons. The van der Waals surface area contributed by atoms with Crippen molar-refractivity contribution in [3.05, 3.63) is 65.1 Å². The third-order valence-electron chi connectivity index (χ3n) is 3.53. The molecule has 0 aliphatic heterocycles. The fourth-order valence-corrected chi connectivity index (χ4v) is 2.12. The number of hydrogen-bond donors (Lipinski definition) is 1. The van der Waals surface area contributed by atoms with Crippen LogP contribution in [0, 0.1) is 11.3 Å². The number of hydrogen-bond acceptors (Lipinski definition) is 3. The molecule has 0 aliphatic rings. The van der Waals surface area contributed by atoms with Crippen molar-refractivity contribution in [2.75, 3.05) is 11.9 Å². The summed E-state index contributed by atoms with van der Waals surface area (Å²) in [5.41, 5.74) is 0.0512. The Bertz CT molecular complexity index is 725. The molecule has 0 spiro atoms. The largest absolute Gasteiger partial charge is 0.506 e. The molecule has 1 N–H and O–H groups in total. The molecule has 0 saturated carbocycles. The van der Waals surface area contributed by atoms with Crippen molar-refractivity contribution >= 4 is 5.69 Å². The highest BCUT2D eigenvalue weighted by molar-refractivity contribution is 5.59. The first-order chi connectivity index (χ1) is 11.7. The molecule has 1 rings (SSSR count). The van der Waals surface area contributed by atoms with Crippen LogP contribution in [0.25, 0.3) is 0 Å². The van der Waals surface area contributed by atoms with Crippen molar-refractivity contribution in [3.8, 4) is 6.07 Å². The lowest BCUT2D eigenvalue weighted by molar-refractivity contribution is -0.0885. The third-order valence-corrected chi connectivity index (χ3v) is 3.53. The predicted octanol–water partition coefficient (Wildman–Crippen LogP) is 5.63. The molecule has 0 bridgehead atoms. The first-order valence-electron chi connectivity index (χ1n) is 7.83. The highest BCUT2D eigenvalue weighted by atomic mass is 19.4. The average molecular weight is 350 g/mol. The monoisotopic (exact) mass is 350 g/mol. The Kier molecular flexibility index (Phi) is 7.31. The molecule has 0 aliphatic carbocycles. The fourth-order valence-electron chi connectivity index (χ4n) is 2.12. The Morgan fingerprint density at radius 3 is 2.56 bits per heavy atom. The van der Waals surface area contributed by atoms with Crippen molar-refractivity contribution in [3.63, 3.8) is 0 Å². The van der Waals surface area contributed by atoms with Crippen LogP contribution in [0.2, 0.25) is 0 Å². The van der Waals surface area contributed by atoms with Gasteiger partial charge in [-0.15, -0.1) is 0 Å². The molecular weight excluding hydrogens is 329 g/mol. The van der Waals surface area contributed by atoms with E-state index in [1.807, 2.05) is 6.07 Å². The summed E-state index contributed by atoms with van der Waals surface area (Å²) in [5.74, 6) is -0.281. The summed E-state index contributed by atoms with van der Waals surface area (Å²) >= 11 is 0. The molecule has 0 aromatic heterocycles. The first kappa shape index (κ1) is 20.4. The van der Waals surface area contributed by atoms with Gasteiger partial charge in [0.25, 0.3) is 0 Å². The Balaban J connectivity index is 3.43. The van der Waals surface area contributed by atoms with Gasteiger partial charge in [-0.05, 0) is 43.7 Å². The van der Waals surface area contributed by atoms with Gasteiger partial charge in [-0.2, -0.15) is 18.4 Å². The molecule has 25 heavy (non-hydrogen) atoms. The van der Waals surface area contributed by atoms with E-state index in [0.717, 1.165) is 12.2 Å². The molecule has 1 aromatic carbocycles. The summed E-state index contributed by atoms with van der Waals surface area (Å²) in [7, 11) is 1.54. The molecule has 1 aromatic rings. The number of anilines is 1. The van der Waals surface area contributed by atoms with E-state index in [0.29, 0.717) is 17.7 Å². The van der Waals surface area contributed by atoms with Crippen LogP contribution in [-0.4, -0.2) is 18.3 Å². The van der Waals surface area contributed by atoms with Crippen LogP contribution in [0.4, 0.5) is 18.9 Å². The molecule has 3 nitrogen and oxygen atoms in total. The van der Waals surface area contributed by atoms with Gasteiger partial charge < -0.3 is 10.0 Å². The van der Waals surface area contributed by atoms with Gasteiger partial charge in [-0.25, -0.2) is 0 Å². The Hall–Kier alpha value is -2.68. The van der Waals surface area contributed by atoms with Gasteiger partial charge in [0.1, 0.15) is 5.76 Å². The number of aliphatic hydroxyl groups excluding tert-OH is 1. The summed E-state index contributed by atoms with van der Waals surface area (Å²) < 4.78 is 39.8. The number of aliphatic hydroxyl groups is 1. The molecule has 0 radical (unpaired) electrons. The molecule has 0 heterocycles. The number of halogens is 3. The smallest absolute Gasteiger partial charge is 0.416 e. The molecule has 0 amide bonds. The maximum atomic E-state index is 13.3. The molecule has 0 unspecified atom stereocenters. The van der Waals surface area contributed by atoms with Crippen LogP contribution in [0.1, 0.15) is 32.3 Å². The standard InChI is InChI=1S/C19H21F3N2O/c1-4-6-9-15(19(20,21)22)12-17(18(25)5-2)24(3)16-10-7-8-14(11-16)13-23/h5,7-12,25H,4,6H2,1-3H3/b15-9+,17-12-,18-5?. The van der Waals surface area contributed by atoms with Crippen molar-refractivity contribution in [2.45, 2.75) is 32.9 Å². The zero-order valence-electron chi connectivity index (χ0n) is 14.4. The normalized spacial score (nSPS) is 13.6. The number of rotatable bonds is 6. The lowest BCUT2D eigenvalue weighted by Gasteiger charge is -2.23. The van der Waals surface area contributed by atoms with Crippen molar-refractivity contribution in [1.82, 2.24) is 0 Å². The van der Waals surface area contributed by atoms with E-state index in [-0.39, 0.29) is 17.9 Å². The van der Waals surface area contributed by atoms with Crippen LogP contribution in [0.5, 0.6) is 0 Å². The zero-order chi connectivity index (χ0) is 19.0. The highest BCUT2D eigenvalue weighted by Crippen LogP contribution is 2.31. The van der Waals surface area contributed by atoms with Crippen LogP contribution in [-0.2, 0) is 0 Å². The van der Waals surface area contributed by atoms with Crippen LogP contribution in [0.3, 0.4) is 0 Å². The summed E-state index contributed by atoms with van der Waals surface area (Å²) in [5, 5.41) is 19.1. The van der Waals surface area contributed by atoms with E-state index >= 15 is 0 Å². The van der Waals surface area contributed by atoms with Gasteiger partial charge in [0.15, 0.2) is 0 Å². The minimum Gasteiger partial charge on any atom is -0.506 e. The van der Waals surface area contributed by atoms with Crippen LogP contribution in [0.15, 0.2) is 59.5 Å². The minimum absolute atomic E-state index is 0.00253. The number of allylic oxidation sites excluding steroid dienone is 4. The molecule has 0 atom stereocenters. The summed E-state index contributed by atoms with van der Waals surface area (Å²) in [6, 6.07) is 8.40. The van der Waals surface area contributed by atoms with Gasteiger partial charge in [-0.1, -0.05) is 25.5 Å². The number of nitrogens with zero attached hydrogens (tertiary/aromatic N) is 2. The minimum atomic E-state index is -4.52. The van der Waals surface area contributed by atoms with Crippen LogP contribution >= 0.6 is 0 Å². The predicted molar refractivity (Wildman–Crippen MR) is 93.1 cm³/mol. The average Bonchev–Trinajstić information content (AvgIpc) is 2.59. The second-order valence-electron chi connectivity index (χ2n) is 5.37. The van der Waals surface area contributed by atoms with Gasteiger partial charge in [0.2, 0.25) is 0 Å². The van der Waals surface area contributed by atoms with Crippen molar-refractivity contribution in [1.29, 1.82) is 5.26 Å². The SMILES string of the molecule is CC=C(O)/C(=C/C(=C\CCC)C(F)(F)F)N(C)c1cccc(C#N)c1. The van der Waals surface area contributed by atoms with Gasteiger partial charge in [0, 0.05) is 12.7 Å². The molecule has 0 fully saturated rings. The second kappa shape index (κ2) is 8.97. The number of nitriles is 1. The Labute approximate surface area is 146 Å². The van der Waals surface area contributed by atoms with Crippen molar-refractivity contribution < 1.29 is 18.3 Å². The highest BCUT2D eigenvalue weighted by Gasteiger charge is 2.32. The van der Waals surface area contributed by atoms with E-state index in [1.54, 1.807) is 31.2 Å². The number of unbranched alkanes of at least 4 members (excludes halogenated alkanes) is 1. The second-order valence-corrected chi connectivity index (χ2v) is 5.37. The van der Waals surface area contributed by atoms with E-state index in [1.165, 1.54) is 24.9 Å². The third kappa shape index (κ3) is 5.71. The number of alkyl halides is 3. The van der Waals surface area contributed by atoms with Gasteiger partial charge in [0.05, 0.1) is 22.9 Å². The quantitative estimate of drug-likeness (QED) is 0.534. The van der Waals surface area contributed by atoms with Crippen LogP contribution < -0.4 is 4.90 Å². The molecular formula is C19H21F3N2O.